The number of carbonyl (C=O) groups excluding carboxylic acids is 2. The highest BCUT2D eigenvalue weighted by Gasteiger charge is 2.33. The van der Waals surface area contributed by atoms with Gasteiger partial charge in [0, 0.05) is 11.9 Å². The average molecular weight is 519 g/mol. The lowest BCUT2D eigenvalue weighted by atomic mass is 10.1. The Hall–Kier alpha value is -5.19. The maximum Gasteiger partial charge on any atom is 0.251 e. The van der Waals surface area contributed by atoms with Crippen LogP contribution in [0.5, 0.6) is 0 Å². The van der Waals surface area contributed by atoms with Gasteiger partial charge in [-0.15, -0.1) is 0 Å². The molecule has 0 saturated carbocycles. The van der Waals surface area contributed by atoms with Crippen LogP contribution in [0.25, 0.3) is 16.6 Å². The number of fused-ring (bicyclic) bond motifs is 2. The van der Waals surface area contributed by atoms with Gasteiger partial charge in [-0.3, -0.25) is 9.59 Å². The maximum absolute atomic E-state index is 13.9. The Kier molecular flexibility index (Phi) is 6.96. The van der Waals surface area contributed by atoms with Gasteiger partial charge < -0.3 is 20.9 Å². The predicted molar refractivity (Wildman–Crippen MR) is 147 cm³/mol. The normalized spacial score (nSPS) is 15.4. The molecule has 2 unspecified atom stereocenters. The molecule has 10 nitrogen and oxygen atoms in total. The topological polar surface area (TPSA) is 139 Å². The molecule has 3 aromatic carbocycles. The van der Waals surface area contributed by atoms with E-state index in [4.69, 9.17) is 5.10 Å². The van der Waals surface area contributed by atoms with E-state index in [2.05, 4.69) is 28.1 Å². The summed E-state index contributed by atoms with van der Waals surface area (Å²) >= 11 is 0. The Morgan fingerprint density at radius 2 is 1.87 bits per heavy atom. The van der Waals surface area contributed by atoms with Crippen molar-refractivity contribution in [2.24, 2.45) is 0 Å². The molecule has 0 spiro atoms. The first-order valence-electron chi connectivity index (χ1n) is 12.5. The monoisotopic (exact) mass is 518 g/mol. The number of hydrogen-bond donors (Lipinski definition) is 3. The highest BCUT2D eigenvalue weighted by molar-refractivity contribution is 6.04. The molecule has 2 heterocycles. The van der Waals surface area contributed by atoms with E-state index in [-0.39, 0.29) is 24.9 Å². The van der Waals surface area contributed by atoms with Crippen molar-refractivity contribution in [3.63, 3.8) is 0 Å². The fourth-order valence-electron chi connectivity index (χ4n) is 4.63. The largest absolute Gasteiger partial charge is 0.381 e. The summed E-state index contributed by atoms with van der Waals surface area (Å²) in [5, 5.41) is 33.8. The zero-order chi connectivity index (χ0) is 27.5. The van der Waals surface area contributed by atoms with Crippen molar-refractivity contribution >= 4 is 34.1 Å². The van der Waals surface area contributed by atoms with Crippen molar-refractivity contribution in [2.75, 3.05) is 23.8 Å². The molecule has 39 heavy (non-hydrogen) atoms. The van der Waals surface area contributed by atoms with Crippen molar-refractivity contribution < 1.29 is 9.59 Å². The van der Waals surface area contributed by atoms with Gasteiger partial charge in [0.2, 0.25) is 5.91 Å². The molecular formula is C29H26N8O2. The van der Waals surface area contributed by atoms with Crippen LogP contribution in [-0.4, -0.2) is 47.3 Å². The highest BCUT2D eigenvalue weighted by Crippen LogP contribution is 2.33. The molecule has 10 heteroatoms. The Balaban J connectivity index is 1.60. The lowest BCUT2D eigenvalue weighted by Gasteiger charge is -2.25. The van der Waals surface area contributed by atoms with Crippen LogP contribution < -0.4 is 20.9 Å². The minimum absolute atomic E-state index is 0.107. The van der Waals surface area contributed by atoms with E-state index in [9.17, 15) is 20.1 Å². The Bertz CT molecular complexity index is 1660. The molecule has 0 aliphatic carbocycles. The summed E-state index contributed by atoms with van der Waals surface area (Å²) in [5.41, 5.74) is 4.16. The van der Waals surface area contributed by atoms with Crippen molar-refractivity contribution in [3.05, 3.63) is 83.6 Å². The summed E-state index contributed by atoms with van der Waals surface area (Å²) in [7, 11) is 1.68. The summed E-state index contributed by atoms with van der Waals surface area (Å²) in [4.78, 5) is 28.2. The minimum Gasteiger partial charge on any atom is -0.381 e. The number of anilines is 2. The first kappa shape index (κ1) is 25.5. The van der Waals surface area contributed by atoms with Crippen LogP contribution in [0.15, 0.2) is 66.7 Å². The lowest BCUT2D eigenvalue weighted by molar-refractivity contribution is -0.128. The summed E-state index contributed by atoms with van der Waals surface area (Å²) in [6, 6.07) is 22.9. The standard InChI is InChI=1S/C29H26N8O2/c1-18(32-2)28(38)34-23-16-33-22-13-19(14-30)11-12-27(22)36(29(23)39)17-24-21-8-4-6-10-26(21)37(35-24)25-9-5-3-7-20(25)15-31/h3-13,18,23,32-33H,16-17H2,1-2H3,(H,34,38). The van der Waals surface area contributed by atoms with E-state index < -0.39 is 12.1 Å². The molecule has 0 saturated heterocycles. The molecule has 0 bridgehead atoms. The molecular weight excluding hydrogens is 492 g/mol. The molecule has 5 rings (SSSR count). The Morgan fingerprint density at radius 1 is 1.10 bits per heavy atom. The minimum atomic E-state index is -0.848. The van der Waals surface area contributed by atoms with Crippen LogP contribution in [0.4, 0.5) is 11.4 Å². The fraction of sp³-hybridized carbons (Fsp3) is 0.207. The van der Waals surface area contributed by atoms with E-state index in [1.807, 2.05) is 36.4 Å². The number of nitrogens with one attached hydrogen (secondary N) is 3. The summed E-state index contributed by atoms with van der Waals surface area (Å²) in [6.45, 7) is 1.98. The Labute approximate surface area is 225 Å². The number of rotatable bonds is 6. The highest BCUT2D eigenvalue weighted by atomic mass is 16.2. The van der Waals surface area contributed by atoms with Crippen LogP contribution >= 0.6 is 0 Å². The van der Waals surface area contributed by atoms with Gasteiger partial charge in [0.15, 0.2) is 0 Å². The lowest BCUT2D eigenvalue weighted by Crippen LogP contribution is -2.54. The van der Waals surface area contributed by atoms with Crippen molar-refractivity contribution in [3.8, 4) is 17.8 Å². The summed E-state index contributed by atoms with van der Waals surface area (Å²) < 4.78 is 1.72. The van der Waals surface area contributed by atoms with Crippen LogP contribution in [0.1, 0.15) is 23.7 Å². The molecule has 1 aliphatic rings. The van der Waals surface area contributed by atoms with Gasteiger partial charge in [-0.05, 0) is 50.4 Å². The average Bonchev–Trinajstić information content (AvgIpc) is 3.29. The second-order valence-corrected chi connectivity index (χ2v) is 9.23. The van der Waals surface area contributed by atoms with Gasteiger partial charge in [0.1, 0.15) is 12.1 Å². The van der Waals surface area contributed by atoms with Crippen molar-refractivity contribution in [1.82, 2.24) is 20.4 Å². The maximum atomic E-state index is 13.9. The van der Waals surface area contributed by atoms with Crippen molar-refractivity contribution in [2.45, 2.75) is 25.6 Å². The summed E-state index contributed by atoms with van der Waals surface area (Å²) in [5.74, 6) is -0.609. The van der Waals surface area contributed by atoms with E-state index in [0.717, 1.165) is 10.9 Å². The molecule has 2 amide bonds. The second-order valence-electron chi connectivity index (χ2n) is 9.23. The Morgan fingerprint density at radius 3 is 2.64 bits per heavy atom. The van der Waals surface area contributed by atoms with Crippen molar-refractivity contribution in [1.29, 1.82) is 10.5 Å². The molecule has 194 valence electrons. The predicted octanol–water partition coefficient (Wildman–Crippen LogP) is 2.82. The van der Waals surface area contributed by atoms with Crippen LogP contribution in [0, 0.1) is 22.7 Å². The quantitative estimate of drug-likeness (QED) is 0.357. The van der Waals surface area contributed by atoms with Gasteiger partial charge >= 0.3 is 0 Å². The number of carbonyl (C=O) groups is 2. The zero-order valence-electron chi connectivity index (χ0n) is 21.5. The molecule has 3 N–H and O–H groups in total. The van der Waals surface area contributed by atoms with E-state index in [0.29, 0.717) is 33.9 Å². The number of amides is 2. The van der Waals surface area contributed by atoms with Crippen LogP contribution in [0.3, 0.4) is 0 Å². The van der Waals surface area contributed by atoms with Gasteiger partial charge in [0.05, 0.1) is 58.1 Å². The molecule has 2 atom stereocenters. The third kappa shape index (κ3) is 4.77. The number of nitrogens with zero attached hydrogens (tertiary/aromatic N) is 5. The van der Waals surface area contributed by atoms with Crippen LogP contribution in [0.2, 0.25) is 0 Å². The van der Waals surface area contributed by atoms with Gasteiger partial charge in [-0.25, -0.2) is 4.68 Å². The molecule has 4 aromatic rings. The number of benzene rings is 3. The summed E-state index contributed by atoms with van der Waals surface area (Å²) in [6.07, 6.45) is 0. The number of aromatic nitrogens is 2. The number of nitriles is 2. The second kappa shape index (κ2) is 10.7. The molecule has 0 fully saturated rings. The number of para-hydroxylation sites is 2. The van der Waals surface area contributed by atoms with Crippen LogP contribution in [-0.2, 0) is 16.1 Å². The molecule has 0 radical (unpaired) electrons. The SMILES string of the molecule is CNC(C)C(=O)NC1CNc2cc(C#N)ccc2N(Cc2nn(-c3ccccc3C#N)c3ccccc23)C1=O. The van der Waals surface area contributed by atoms with E-state index in [1.165, 1.54) is 0 Å². The van der Waals surface area contributed by atoms with E-state index >= 15 is 0 Å². The van der Waals surface area contributed by atoms with Gasteiger partial charge in [-0.2, -0.15) is 15.6 Å². The van der Waals surface area contributed by atoms with Gasteiger partial charge in [-0.1, -0.05) is 30.3 Å². The first-order valence-corrected chi connectivity index (χ1v) is 12.5. The van der Waals surface area contributed by atoms with Gasteiger partial charge in [0.25, 0.3) is 5.91 Å². The third-order valence-electron chi connectivity index (χ3n) is 6.84. The zero-order valence-corrected chi connectivity index (χ0v) is 21.5. The first-order chi connectivity index (χ1) is 18.9. The fourth-order valence-corrected chi connectivity index (χ4v) is 4.63. The smallest absolute Gasteiger partial charge is 0.251 e. The molecule has 1 aliphatic heterocycles. The number of likely N-dealkylation sites (N-methyl/N-ethyl adjacent to an activating group) is 1. The third-order valence-corrected chi connectivity index (χ3v) is 6.84. The number of hydrogen-bond acceptors (Lipinski definition) is 7. The van der Waals surface area contributed by atoms with E-state index in [1.54, 1.807) is 53.9 Å². The molecule has 1 aromatic heterocycles.